The minimum absolute atomic E-state index is 0.151. The molecule has 92 valence electrons. The molecule has 0 N–H and O–H groups in total. The maximum Gasteiger partial charge on any atom is 0.254 e. The zero-order valence-corrected chi connectivity index (χ0v) is 11.3. The Labute approximate surface area is 108 Å². The Bertz CT molecular complexity index is 401. The summed E-state index contributed by atoms with van der Waals surface area (Å²) in [6, 6.07) is 7.80. The number of benzene rings is 1. The van der Waals surface area contributed by atoms with E-state index in [9.17, 15) is 4.79 Å². The molecule has 0 spiro atoms. The lowest BCUT2D eigenvalue weighted by molar-refractivity contribution is 0.0588. The van der Waals surface area contributed by atoms with Gasteiger partial charge in [-0.25, -0.2) is 0 Å². The number of nitrogens with zero attached hydrogens (tertiary/aromatic N) is 1. The first-order valence-electron chi connectivity index (χ1n) is 6.18. The lowest BCUT2D eigenvalue weighted by atomic mass is 9.93. The SMILES string of the molecule is CC1CCN(C(=O)c2ccc(S)cc2)C(C)C1. The van der Waals surface area contributed by atoms with Crippen molar-refractivity contribution in [1.82, 2.24) is 4.90 Å². The molecule has 1 aromatic rings. The van der Waals surface area contributed by atoms with Crippen molar-refractivity contribution in [2.45, 2.75) is 37.6 Å². The third-order valence-corrected chi connectivity index (χ3v) is 3.81. The van der Waals surface area contributed by atoms with Gasteiger partial charge in [-0.1, -0.05) is 6.92 Å². The van der Waals surface area contributed by atoms with Crippen LogP contribution in [-0.2, 0) is 0 Å². The number of carbonyl (C=O) groups is 1. The fourth-order valence-electron chi connectivity index (χ4n) is 2.48. The number of hydrogen-bond donors (Lipinski definition) is 1. The van der Waals surface area contributed by atoms with Crippen molar-refractivity contribution in [3.8, 4) is 0 Å². The zero-order valence-electron chi connectivity index (χ0n) is 10.4. The van der Waals surface area contributed by atoms with E-state index in [0.29, 0.717) is 6.04 Å². The van der Waals surface area contributed by atoms with Crippen LogP contribution in [0.25, 0.3) is 0 Å². The average Bonchev–Trinajstić information content (AvgIpc) is 2.29. The van der Waals surface area contributed by atoms with Crippen molar-refractivity contribution in [3.05, 3.63) is 29.8 Å². The summed E-state index contributed by atoms with van der Waals surface area (Å²) in [5, 5.41) is 0. The second-order valence-electron chi connectivity index (χ2n) is 5.02. The minimum atomic E-state index is 0.151. The van der Waals surface area contributed by atoms with Crippen LogP contribution in [0.5, 0.6) is 0 Å². The Kier molecular flexibility index (Phi) is 3.77. The monoisotopic (exact) mass is 249 g/mol. The Morgan fingerprint density at radius 2 is 1.94 bits per heavy atom. The van der Waals surface area contributed by atoms with Gasteiger partial charge in [-0.15, -0.1) is 12.6 Å². The van der Waals surface area contributed by atoms with Gasteiger partial charge in [-0.2, -0.15) is 0 Å². The standard InChI is InChI=1S/C14H19NOS/c1-10-7-8-15(11(2)9-10)14(16)12-3-5-13(17)6-4-12/h3-6,10-11,17H,7-9H2,1-2H3. The molecule has 1 saturated heterocycles. The number of likely N-dealkylation sites (tertiary alicyclic amines) is 1. The second kappa shape index (κ2) is 5.13. The number of hydrogen-bond acceptors (Lipinski definition) is 2. The molecule has 1 fully saturated rings. The highest BCUT2D eigenvalue weighted by Gasteiger charge is 2.27. The summed E-state index contributed by atoms with van der Waals surface area (Å²) >= 11 is 4.23. The van der Waals surface area contributed by atoms with Crippen molar-refractivity contribution in [3.63, 3.8) is 0 Å². The third kappa shape index (κ3) is 2.83. The van der Waals surface area contributed by atoms with Crippen LogP contribution in [-0.4, -0.2) is 23.4 Å². The van der Waals surface area contributed by atoms with Crippen molar-refractivity contribution >= 4 is 18.5 Å². The van der Waals surface area contributed by atoms with E-state index in [4.69, 9.17) is 0 Å². The van der Waals surface area contributed by atoms with Crippen LogP contribution < -0.4 is 0 Å². The fourth-order valence-corrected chi connectivity index (χ4v) is 2.63. The highest BCUT2D eigenvalue weighted by atomic mass is 32.1. The molecule has 1 heterocycles. The molecule has 0 saturated carbocycles. The molecule has 1 aromatic carbocycles. The molecule has 2 rings (SSSR count). The molecule has 0 radical (unpaired) electrons. The van der Waals surface area contributed by atoms with E-state index in [1.165, 1.54) is 0 Å². The van der Waals surface area contributed by atoms with Gasteiger partial charge in [0.05, 0.1) is 0 Å². The van der Waals surface area contributed by atoms with Crippen LogP contribution >= 0.6 is 12.6 Å². The molecule has 0 bridgehead atoms. The van der Waals surface area contributed by atoms with Gasteiger partial charge >= 0.3 is 0 Å². The summed E-state index contributed by atoms with van der Waals surface area (Å²) in [5.41, 5.74) is 0.768. The maximum atomic E-state index is 12.3. The summed E-state index contributed by atoms with van der Waals surface area (Å²) in [6.45, 7) is 5.28. The smallest absolute Gasteiger partial charge is 0.254 e. The molecule has 17 heavy (non-hydrogen) atoms. The van der Waals surface area contributed by atoms with Crippen molar-refractivity contribution in [2.75, 3.05) is 6.54 Å². The Morgan fingerprint density at radius 1 is 1.29 bits per heavy atom. The predicted octanol–water partition coefficient (Wildman–Crippen LogP) is 3.24. The zero-order chi connectivity index (χ0) is 12.4. The number of piperidine rings is 1. The second-order valence-corrected chi connectivity index (χ2v) is 5.54. The van der Waals surface area contributed by atoms with Gasteiger partial charge in [-0.05, 0) is 49.9 Å². The minimum Gasteiger partial charge on any atom is -0.336 e. The maximum absolute atomic E-state index is 12.3. The van der Waals surface area contributed by atoms with Gasteiger partial charge in [0.15, 0.2) is 0 Å². The van der Waals surface area contributed by atoms with Gasteiger partial charge in [0, 0.05) is 23.0 Å². The summed E-state index contributed by atoms with van der Waals surface area (Å²) < 4.78 is 0. The van der Waals surface area contributed by atoms with E-state index in [0.717, 1.165) is 35.8 Å². The summed E-state index contributed by atoms with van der Waals surface area (Å²) in [7, 11) is 0. The molecular weight excluding hydrogens is 230 g/mol. The lowest BCUT2D eigenvalue weighted by Crippen LogP contribution is -2.44. The lowest BCUT2D eigenvalue weighted by Gasteiger charge is -2.36. The van der Waals surface area contributed by atoms with Crippen LogP contribution in [0.15, 0.2) is 29.2 Å². The number of thiol groups is 1. The van der Waals surface area contributed by atoms with Crippen LogP contribution in [0.1, 0.15) is 37.0 Å². The fraction of sp³-hybridized carbons (Fsp3) is 0.500. The first-order valence-corrected chi connectivity index (χ1v) is 6.62. The molecule has 2 nitrogen and oxygen atoms in total. The van der Waals surface area contributed by atoms with Crippen molar-refractivity contribution in [2.24, 2.45) is 5.92 Å². The highest BCUT2D eigenvalue weighted by Crippen LogP contribution is 2.24. The van der Waals surface area contributed by atoms with Gasteiger partial charge in [-0.3, -0.25) is 4.79 Å². The number of carbonyl (C=O) groups excluding carboxylic acids is 1. The predicted molar refractivity (Wildman–Crippen MR) is 72.6 cm³/mol. The molecule has 1 aliphatic heterocycles. The average molecular weight is 249 g/mol. The largest absolute Gasteiger partial charge is 0.336 e. The van der Waals surface area contributed by atoms with Gasteiger partial charge < -0.3 is 4.90 Å². The first kappa shape index (κ1) is 12.5. The molecule has 1 amide bonds. The molecule has 2 unspecified atom stereocenters. The number of rotatable bonds is 1. The summed E-state index contributed by atoms with van der Waals surface area (Å²) in [6.07, 6.45) is 2.22. The third-order valence-electron chi connectivity index (χ3n) is 3.51. The molecule has 2 atom stereocenters. The number of amides is 1. The van der Waals surface area contributed by atoms with E-state index >= 15 is 0 Å². The molecule has 0 aliphatic carbocycles. The van der Waals surface area contributed by atoms with Crippen LogP contribution in [0.2, 0.25) is 0 Å². The Hall–Kier alpha value is -0.960. The molecule has 1 aliphatic rings. The van der Waals surface area contributed by atoms with E-state index in [1.54, 1.807) is 0 Å². The quantitative estimate of drug-likeness (QED) is 0.758. The van der Waals surface area contributed by atoms with Crippen molar-refractivity contribution in [1.29, 1.82) is 0 Å². The van der Waals surface area contributed by atoms with Gasteiger partial charge in [0.1, 0.15) is 0 Å². The molecule has 0 aromatic heterocycles. The first-order chi connectivity index (χ1) is 8.08. The summed E-state index contributed by atoms with van der Waals surface area (Å²) in [4.78, 5) is 15.2. The highest BCUT2D eigenvalue weighted by molar-refractivity contribution is 7.80. The van der Waals surface area contributed by atoms with Crippen molar-refractivity contribution < 1.29 is 4.79 Å². The van der Waals surface area contributed by atoms with Crippen LogP contribution in [0.4, 0.5) is 0 Å². The van der Waals surface area contributed by atoms with E-state index in [1.807, 2.05) is 29.2 Å². The van der Waals surface area contributed by atoms with Gasteiger partial charge in [0.25, 0.3) is 5.91 Å². The van der Waals surface area contributed by atoms with Gasteiger partial charge in [0.2, 0.25) is 0 Å². The van der Waals surface area contributed by atoms with E-state index < -0.39 is 0 Å². The Morgan fingerprint density at radius 3 is 2.53 bits per heavy atom. The normalized spacial score (nSPS) is 24.8. The van der Waals surface area contributed by atoms with E-state index in [2.05, 4.69) is 26.5 Å². The topological polar surface area (TPSA) is 20.3 Å². The Balaban J connectivity index is 2.12. The van der Waals surface area contributed by atoms with E-state index in [-0.39, 0.29) is 5.91 Å². The molecule has 3 heteroatoms. The summed E-state index contributed by atoms with van der Waals surface area (Å²) in [5.74, 6) is 0.881. The van der Waals surface area contributed by atoms with Crippen LogP contribution in [0.3, 0.4) is 0 Å². The van der Waals surface area contributed by atoms with Crippen LogP contribution in [0, 0.1) is 5.92 Å². The molecular formula is C14H19NOS.